The second-order valence-electron chi connectivity index (χ2n) is 7.82. The summed E-state index contributed by atoms with van der Waals surface area (Å²) in [5, 5.41) is 20.1. The number of carbonyl (C=O) groups is 1. The molecule has 0 bridgehead atoms. The summed E-state index contributed by atoms with van der Waals surface area (Å²) in [6.07, 6.45) is 1.38. The quantitative estimate of drug-likeness (QED) is 0.381. The van der Waals surface area contributed by atoms with Gasteiger partial charge in [-0.2, -0.15) is 10.4 Å². The molecule has 0 radical (unpaired) electrons. The smallest absolute Gasteiger partial charge is 0.410 e. The van der Waals surface area contributed by atoms with Crippen LogP contribution < -0.4 is 15.9 Å². The number of ether oxygens (including phenoxy) is 2. The Morgan fingerprint density at radius 3 is 2.62 bits per heavy atom. The minimum Gasteiger partial charge on any atom is -0.491 e. The van der Waals surface area contributed by atoms with Gasteiger partial charge < -0.3 is 20.1 Å². The van der Waals surface area contributed by atoms with Crippen molar-refractivity contribution in [1.29, 1.82) is 10.7 Å². The summed E-state index contributed by atoms with van der Waals surface area (Å²) in [5.41, 5.74) is 7.90. The average Bonchev–Trinajstić information content (AvgIpc) is 2.66. The molecule has 1 amide bonds. The van der Waals surface area contributed by atoms with Gasteiger partial charge in [0.25, 0.3) is 0 Å². The van der Waals surface area contributed by atoms with Crippen LogP contribution in [-0.4, -0.2) is 47.8 Å². The average molecular weight is 400 g/mol. The number of hydrogen-bond acceptors (Lipinski definition) is 7. The van der Waals surface area contributed by atoms with Gasteiger partial charge in [-0.1, -0.05) is 12.1 Å². The van der Waals surface area contributed by atoms with Crippen LogP contribution in [0.5, 0.6) is 5.75 Å². The van der Waals surface area contributed by atoms with Crippen LogP contribution in [0.25, 0.3) is 0 Å². The molecule has 0 atom stereocenters. The molecular formula is C20H28N6O3. The number of nitrogens with two attached hydrogens (primary N) is 1. The molecule has 0 aliphatic carbocycles. The third-order valence-electron chi connectivity index (χ3n) is 4.28. The first-order valence-corrected chi connectivity index (χ1v) is 9.47. The normalized spacial score (nSPS) is 15.4. The summed E-state index contributed by atoms with van der Waals surface area (Å²) in [6.45, 7) is 7.35. The number of benzene rings is 1. The van der Waals surface area contributed by atoms with Crippen LogP contribution in [0.3, 0.4) is 0 Å². The third kappa shape index (κ3) is 6.99. The number of likely N-dealkylation sites (tertiary alicyclic amines) is 1. The zero-order valence-corrected chi connectivity index (χ0v) is 17.1. The standard InChI is InChI=1S/C20H28N6O3/c1-20(2,3)29-19(27)26-10-8-14(9-11-26)13-28-17-7-5-4-6-15(17)24-25-16(12-21)18(22)23/h4-7,14,24H,8-11,13H2,1-3H3,(H3,22,23)/b25-16+. The van der Waals surface area contributed by atoms with Gasteiger partial charge in [-0.05, 0) is 51.7 Å². The minimum atomic E-state index is -0.496. The molecule has 1 aliphatic heterocycles. The maximum Gasteiger partial charge on any atom is 0.410 e. The van der Waals surface area contributed by atoms with E-state index in [-0.39, 0.29) is 11.8 Å². The van der Waals surface area contributed by atoms with E-state index in [0.717, 1.165) is 12.8 Å². The van der Waals surface area contributed by atoms with Crippen molar-refractivity contribution >= 4 is 23.3 Å². The fourth-order valence-corrected chi connectivity index (χ4v) is 2.76. The maximum atomic E-state index is 12.1. The van der Waals surface area contributed by atoms with Crippen molar-refractivity contribution in [3.8, 4) is 11.8 Å². The molecule has 2 rings (SSSR count). The Hall–Kier alpha value is -3.28. The maximum absolute atomic E-state index is 12.1. The molecular weight excluding hydrogens is 372 g/mol. The van der Waals surface area contributed by atoms with Crippen LogP contribution in [0.1, 0.15) is 33.6 Å². The van der Waals surface area contributed by atoms with E-state index in [2.05, 4.69) is 10.5 Å². The zero-order valence-electron chi connectivity index (χ0n) is 17.1. The molecule has 29 heavy (non-hydrogen) atoms. The fraction of sp³-hybridized carbons (Fsp3) is 0.500. The Morgan fingerprint density at radius 1 is 1.38 bits per heavy atom. The number of nitrogens with one attached hydrogen (secondary N) is 2. The first-order chi connectivity index (χ1) is 13.7. The number of anilines is 1. The van der Waals surface area contributed by atoms with Gasteiger partial charge in [0.15, 0.2) is 5.84 Å². The number of hydrazone groups is 1. The largest absolute Gasteiger partial charge is 0.491 e. The second kappa shape index (κ2) is 9.78. The lowest BCUT2D eigenvalue weighted by atomic mass is 9.98. The number of para-hydroxylation sites is 2. The molecule has 1 aromatic rings. The predicted molar refractivity (Wildman–Crippen MR) is 111 cm³/mol. The Balaban J connectivity index is 1.88. The van der Waals surface area contributed by atoms with Crippen LogP contribution in [0, 0.1) is 22.7 Å². The lowest BCUT2D eigenvalue weighted by Crippen LogP contribution is -2.42. The van der Waals surface area contributed by atoms with Gasteiger partial charge in [0, 0.05) is 13.1 Å². The Morgan fingerprint density at radius 2 is 2.03 bits per heavy atom. The molecule has 1 aliphatic rings. The molecule has 1 heterocycles. The number of nitrogens with zero attached hydrogens (tertiary/aromatic N) is 3. The molecule has 0 saturated carbocycles. The summed E-state index contributed by atoms with van der Waals surface area (Å²) in [7, 11) is 0. The van der Waals surface area contributed by atoms with Crippen molar-refractivity contribution in [1.82, 2.24) is 4.90 Å². The van der Waals surface area contributed by atoms with Crippen molar-refractivity contribution in [3.05, 3.63) is 24.3 Å². The van der Waals surface area contributed by atoms with Crippen molar-refractivity contribution in [2.45, 2.75) is 39.2 Å². The molecule has 9 nitrogen and oxygen atoms in total. The third-order valence-corrected chi connectivity index (χ3v) is 4.28. The molecule has 0 aromatic heterocycles. The van der Waals surface area contributed by atoms with Gasteiger partial charge in [-0.15, -0.1) is 0 Å². The first kappa shape index (κ1) is 22.0. The van der Waals surface area contributed by atoms with E-state index >= 15 is 0 Å². The van der Waals surface area contributed by atoms with E-state index in [1.54, 1.807) is 23.1 Å². The number of piperidine rings is 1. The number of rotatable bonds is 6. The molecule has 1 aromatic carbocycles. The summed E-state index contributed by atoms with van der Waals surface area (Å²) >= 11 is 0. The van der Waals surface area contributed by atoms with Gasteiger partial charge in [0.2, 0.25) is 5.71 Å². The molecule has 1 saturated heterocycles. The number of hydrogen-bond donors (Lipinski definition) is 3. The first-order valence-electron chi connectivity index (χ1n) is 9.47. The monoisotopic (exact) mass is 400 g/mol. The van der Waals surface area contributed by atoms with Gasteiger partial charge in [-0.3, -0.25) is 10.8 Å². The van der Waals surface area contributed by atoms with E-state index in [1.165, 1.54) is 0 Å². The number of amides is 1. The van der Waals surface area contributed by atoms with Crippen LogP contribution in [0.15, 0.2) is 29.4 Å². The number of carbonyl (C=O) groups excluding carboxylic acids is 1. The van der Waals surface area contributed by atoms with Crippen LogP contribution in [-0.2, 0) is 4.74 Å². The van der Waals surface area contributed by atoms with E-state index in [0.29, 0.717) is 37.1 Å². The van der Waals surface area contributed by atoms with Crippen molar-refractivity contribution in [2.75, 3.05) is 25.1 Å². The van der Waals surface area contributed by atoms with Crippen LogP contribution in [0.2, 0.25) is 0 Å². The summed E-state index contributed by atoms with van der Waals surface area (Å²) in [4.78, 5) is 13.9. The molecule has 1 fully saturated rings. The summed E-state index contributed by atoms with van der Waals surface area (Å²) < 4.78 is 11.4. The van der Waals surface area contributed by atoms with E-state index in [1.807, 2.05) is 32.9 Å². The van der Waals surface area contributed by atoms with Gasteiger partial charge in [0.1, 0.15) is 17.4 Å². The summed E-state index contributed by atoms with van der Waals surface area (Å²) in [5.74, 6) is 0.499. The highest BCUT2D eigenvalue weighted by Crippen LogP contribution is 2.26. The van der Waals surface area contributed by atoms with Gasteiger partial charge in [-0.25, -0.2) is 4.79 Å². The Labute approximate surface area is 171 Å². The predicted octanol–water partition coefficient (Wildman–Crippen LogP) is 2.94. The molecule has 0 unspecified atom stereocenters. The van der Waals surface area contributed by atoms with E-state index in [4.69, 9.17) is 25.9 Å². The highest BCUT2D eigenvalue weighted by molar-refractivity contribution is 6.45. The lowest BCUT2D eigenvalue weighted by Gasteiger charge is -2.33. The van der Waals surface area contributed by atoms with Crippen LogP contribution >= 0.6 is 0 Å². The Bertz CT molecular complexity index is 801. The second-order valence-corrected chi connectivity index (χ2v) is 7.82. The Kier molecular flexibility index (Phi) is 7.42. The van der Waals surface area contributed by atoms with Gasteiger partial charge in [0.05, 0.1) is 12.3 Å². The minimum absolute atomic E-state index is 0.200. The molecule has 9 heteroatoms. The highest BCUT2D eigenvalue weighted by Gasteiger charge is 2.27. The highest BCUT2D eigenvalue weighted by atomic mass is 16.6. The van der Waals surface area contributed by atoms with E-state index < -0.39 is 11.4 Å². The molecule has 156 valence electrons. The van der Waals surface area contributed by atoms with Gasteiger partial charge >= 0.3 is 6.09 Å². The molecule has 4 N–H and O–H groups in total. The van der Waals surface area contributed by atoms with Crippen molar-refractivity contribution in [2.24, 2.45) is 16.8 Å². The lowest BCUT2D eigenvalue weighted by molar-refractivity contribution is 0.0165. The SMILES string of the molecule is CC(C)(C)OC(=O)N1CCC(COc2ccccc2N/N=C(\C#N)C(=N)N)CC1. The number of amidine groups is 1. The van der Waals surface area contributed by atoms with Crippen molar-refractivity contribution < 1.29 is 14.3 Å². The number of nitriles is 1. The van der Waals surface area contributed by atoms with Crippen molar-refractivity contribution in [3.63, 3.8) is 0 Å². The van der Waals surface area contributed by atoms with Crippen LogP contribution in [0.4, 0.5) is 10.5 Å². The fourth-order valence-electron chi connectivity index (χ4n) is 2.76. The topological polar surface area (TPSA) is 137 Å². The molecule has 0 spiro atoms. The summed E-state index contributed by atoms with van der Waals surface area (Å²) in [6, 6.07) is 8.97. The van der Waals surface area contributed by atoms with E-state index in [9.17, 15) is 4.79 Å². The zero-order chi connectivity index (χ0) is 21.4.